The highest BCUT2D eigenvalue weighted by atomic mass is 16.5. The smallest absolute Gasteiger partial charge is 0.326 e. The van der Waals surface area contributed by atoms with Gasteiger partial charge in [-0.05, 0) is 35.4 Å². The molecule has 1 aliphatic rings. The summed E-state index contributed by atoms with van der Waals surface area (Å²) in [6, 6.07) is 17.0. The lowest BCUT2D eigenvalue weighted by Crippen LogP contribution is -2.54. The SMILES string of the molecule is COC(=O)C(C(N)=O)(c1ccccc1)C1Cc2ccccc2C1. The van der Waals surface area contributed by atoms with Crippen molar-refractivity contribution >= 4 is 11.9 Å². The number of hydrogen-bond donors (Lipinski definition) is 1. The standard InChI is InChI=1S/C19H19NO3/c1-23-18(22)19(17(20)21,15-9-3-2-4-10-15)16-11-13-7-5-6-8-14(13)12-16/h2-10,16H,11-12H2,1H3,(H2,20,21). The quantitative estimate of drug-likeness (QED) is 0.693. The highest BCUT2D eigenvalue weighted by Gasteiger charge is 2.54. The first-order valence-electron chi connectivity index (χ1n) is 7.61. The van der Waals surface area contributed by atoms with Crippen LogP contribution in [-0.4, -0.2) is 19.0 Å². The Bertz CT molecular complexity index is 716. The number of rotatable bonds is 4. The van der Waals surface area contributed by atoms with Gasteiger partial charge in [0, 0.05) is 0 Å². The molecule has 0 aliphatic heterocycles. The second kappa shape index (κ2) is 5.88. The molecule has 118 valence electrons. The van der Waals surface area contributed by atoms with Gasteiger partial charge < -0.3 is 10.5 Å². The van der Waals surface area contributed by atoms with Crippen LogP contribution in [0.25, 0.3) is 0 Å². The van der Waals surface area contributed by atoms with Gasteiger partial charge in [-0.25, -0.2) is 0 Å². The van der Waals surface area contributed by atoms with Crippen molar-refractivity contribution in [1.29, 1.82) is 0 Å². The van der Waals surface area contributed by atoms with E-state index in [4.69, 9.17) is 10.5 Å². The largest absolute Gasteiger partial charge is 0.468 e. The minimum absolute atomic E-state index is 0.243. The first-order chi connectivity index (χ1) is 11.1. The van der Waals surface area contributed by atoms with Crippen LogP contribution in [0.2, 0.25) is 0 Å². The summed E-state index contributed by atoms with van der Waals surface area (Å²) in [5, 5.41) is 0. The fraction of sp³-hybridized carbons (Fsp3) is 0.263. The second-order valence-electron chi connectivity index (χ2n) is 5.90. The molecular weight excluding hydrogens is 290 g/mol. The van der Waals surface area contributed by atoms with Crippen LogP contribution in [0.4, 0.5) is 0 Å². The van der Waals surface area contributed by atoms with Crippen LogP contribution in [0.1, 0.15) is 16.7 Å². The molecule has 0 spiro atoms. The summed E-state index contributed by atoms with van der Waals surface area (Å²) >= 11 is 0. The van der Waals surface area contributed by atoms with E-state index in [9.17, 15) is 9.59 Å². The van der Waals surface area contributed by atoms with Crippen LogP contribution in [0.3, 0.4) is 0 Å². The lowest BCUT2D eigenvalue weighted by Gasteiger charge is -2.33. The van der Waals surface area contributed by atoms with Crippen molar-refractivity contribution in [3.05, 3.63) is 71.3 Å². The molecule has 1 atom stereocenters. The van der Waals surface area contributed by atoms with E-state index < -0.39 is 17.3 Å². The lowest BCUT2D eigenvalue weighted by atomic mass is 9.68. The molecule has 3 rings (SSSR count). The molecule has 4 nitrogen and oxygen atoms in total. The molecule has 0 heterocycles. The van der Waals surface area contributed by atoms with Gasteiger partial charge in [-0.2, -0.15) is 0 Å². The Morgan fingerprint density at radius 2 is 1.52 bits per heavy atom. The average molecular weight is 309 g/mol. The number of carbonyl (C=O) groups excluding carboxylic acids is 2. The van der Waals surface area contributed by atoms with Crippen molar-refractivity contribution in [2.75, 3.05) is 7.11 Å². The van der Waals surface area contributed by atoms with Gasteiger partial charge in [0.1, 0.15) is 0 Å². The van der Waals surface area contributed by atoms with Gasteiger partial charge in [0.15, 0.2) is 5.41 Å². The predicted octanol–water partition coefficient (Wildman–Crippen LogP) is 2.00. The Hall–Kier alpha value is -2.62. The summed E-state index contributed by atoms with van der Waals surface area (Å²) < 4.78 is 5.00. The summed E-state index contributed by atoms with van der Waals surface area (Å²) in [4.78, 5) is 25.2. The van der Waals surface area contributed by atoms with Gasteiger partial charge in [0.25, 0.3) is 0 Å². The Labute approximate surface area is 135 Å². The summed E-state index contributed by atoms with van der Waals surface area (Å²) in [7, 11) is 1.30. The monoisotopic (exact) mass is 309 g/mol. The molecule has 1 amide bonds. The number of amides is 1. The third-order valence-corrected chi connectivity index (χ3v) is 4.79. The molecule has 2 aromatic rings. The van der Waals surface area contributed by atoms with Crippen molar-refractivity contribution in [1.82, 2.24) is 0 Å². The topological polar surface area (TPSA) is 69.4 Å². The maximum Gasteiger partial charge on any atom is 0.326 e. The van der Waals surface area contributed by atoms with E-state index in [0.29, 0.717) is 18.4 Å². The normalized spacial score (nSPS) is 16.4. The number of hydrogen-bond acceptors (Lipinski definition) is 3. The molecule has 2 aromatic carbocycles. The molecule has 0 radical (unpaired) electrons. The molecule has 0 saturated carbocycles. The van der Waals surface area contributed by atoms with E-state index in [1.807, 2.05) is 30.3 Å². The third-order valence-electron chi connectivity index (χ3n) is 4.79. The molecular formula is C19H19NO3. The third kappa shape index (κ3) is 2.31. The molecule has 0 fully saturated rings. The van der Waals surface area contributed by atoms with E-state index >= 15 is 0 Å². The first-order valence-corrected chi connectivity index (χ1v) is 7.61. The van der Waals surface area contributed by atoms with Gasteiger partial charge >= 0.3 is 5.97 Å². The molecule has 23 heavy (non-hydrogen) atoms. The van der Waals surface area contributed by atoms with E-state index in [0.717, 1.165) is 11.1 Å². The van der Waals surface area contributed by atoms with E-state index in [-0.39, 0.29) is 5.92 Å². The van der Waals surface area contributed by atoms with Crippen molar-refractivity contribution < 1.29 is 14.3 Å². The summed E-state index contributed by atoms with van der Waals surface area (Å²) in [5.41, 5.74) is 7.20. The molecule has 1 aliphatic carbocycles. The van der Waals surface area contributed by atoms with Crippen molar-refractivity contribution in [3.8, 4) is 0 Å². The summed E-state index contributed by atoms with van der Waals surface area (Å²) in [6.45, 7) is 0. The summed E-state index contributed by atoms with van der Waals surface area (Å²) in [5.74, 6) is -1.49. The molecule has 2 N–H and O–H groups in total. The van der Waals surface area contributed by atoms with Crippen LogP contribution in [0.5, 0.6) is 0 Å². The van der Waals surface area contributed by atoms with Gasteiger partial charge in [-0.3, -0.25) is 9.59 Å². The summed E-state index contributed by atoms with van der Waals surface area (Å²) in [6.07, 6.45) is 1.26. The van der Waals surface area contributed by atoms with Crippen LogP contribution in [0, 0.1) is 5.92 Å². The first kappa shape index (κ1) is 15.3. The van der Waals surface area contributed by atoms with Gasteiger partial charge in [0.2, 0.25) is 5.91 Å². The number of fused-ring (bicyclic) bond motifs is 1. The number of ether oxygens (including phenoxy) is 1. The molecule has 0 saturated heterocycles. The number of carbonyl (C=O) groups is 2. The number of esters is 1. The van der Waals surface area contributed by atoms with Crippen molar-refractivity contribution in [2.24, 2.45) is 11.7 Å². The molecule has 1 unspecified atom stereocenters. The zero-order valence-corrected chi connectivity index (χ0v) is 13.0. The minimum Gasteiger partial charge on any atom is -0.468 e. The number of nitrogens with two attached hydrogens (primary N) is 1. The van der Waals surface area contributed by atoms with E-state index in [2.05, 4.69) is 0 Å². The van der Waals surface area contributed by atoms with Gasteiger partial charge in [-0.15, -0.1) is 0 Å². The molecule has 4 heteroatoms. The van der Waals surface area contributed by atoms with E-state index in [1.54, 1.807) is 24.3 Å². The maximum atomic E-state index is 12.7. The molecule has 0 bridgehead atoms. The predicted molar refractivity (Wildman–Crippen MR) is 86.7 cm³/mol. The Morgan fingerprint density at radius 3 is 2.00 bits per heavy atom. The van der Waals surface area contributed by atoms with Crippen molar-refractivity contribution in [3.63, 3.8) is 0 Å². The molecule has 0 aromatic heterocycles. The number of benzene rings is 2. The van der Waals surface area contributed by atoms with E-state index in [1.165, 1.54) is 7.11 Å². The highest BCUT2D eigenvalue weighted by Crippen LogP contribution is 2.42. The Morgan fingerprint density at radius 1 is 1.00 bits per heavy atom. The fourth-order valence-electron chi connectivity index (χ4n) is 3.69. The van der Waals surface area contributed by atoms with Crippen LogP contribution in [0.15, 0.2) is 54.6 Å². The fourth-order valence-corrected chi connectivity index (χ4v) is 3.69. The highest BCUT2D eigenvalue weighted by molar-refractivity contribution is 6.08. The van der Waals surface area contributed by atoms with Gasteiger partial charge in [-0.1, -0.05) is 54.6 Å². The number of methoxy groups -OCH3 is 1. The second-order valence-corrected chi connectivity index (χ2v) is 5.90. The number of primary amides is 1. The van der Waals surface area contributed by atoms with Crippen LogP contribution < -0.4 is 5.73 Å². The lowest BCUT2D eigenvalue weighted by molar-refractivity contribution is -0.154. The van der Waals surface area contributed by atoms with Crippen LogP contribution in [-0.2, 0) is 32.6 Å². The minimum atomic E-state index is -1.46. The zero-order valence-electron chi connectivity index (χ0n) is 13.0. The zero-order chi connectivity index (χ0) is 16.4. The van der Waals surface area contributed by atoms with Crippen molar-refractivity contribution in [2.45, 2.75) is 18.3 Å². The Balaban J connectivity index is 2.14. The maximum absolute atomic E-state index is 12.7. The average Bonchev–Trinajstić information content (AvgIpc) is 3.00. The van der Waals surface area contributed by atoms with Crippen LogP contribution >= 0.6 is 0 Å². The van der Waals surface area contributed by atoms with Gasteiger partial charge in [0.05, 0.1) is 7.11 Å². The Kier molecular flexibility index (Phi) is 3.90.